The number of fused-ring (bicyclic) bond motifs is 1. The molecule has 0 aliphatic carbocycles. The molecule has 1 aromatic carbocycles. The Morgan fingerprint density at radius 1 is 1.12 bits per heavy atom. The van der Waals surface area contributed by atoms with Crippen molar-refractivity contribution < 1.29 is 23.8 Å². The zero-order valence-corrected chi connectivity index (χ0v) is 14.4. The number of methoxy groups -OCH3 is 1. The second-order valence-electron chi connectivity index (χ2n) is 4.95. The molecule has 1 N–H and O–H groups in total. The van der Waals surface area contributed by atoms with Crippen molar-refractivity contribution in [2.75, 3.05) is 20.3 Å². The van der Waals surface area contributed by atoms with E-state index in [0.29, 0.717) is 17.0 Å². The molecule has 134 valence electrons. The number of pyridine rings is 1. The van der Waals surface area contributed by atoms with E-state index in [9.17, 15) is 9.59 Å². The van der Waals surface area contributed by atoms with Crippen LogP contribution in [0.3, 0.4) is 0 Å². The maximum atomic E-state index is 12.1. The number of ether oxygens (including phenoxy) is 3. The van der Waals surface area contributed by atoms with Crippen LogP contribution in [0.15, 0.2) is 30.3 Å². The topological polar surface area (TPSA) is 90.0 Å². The minimum atomic E-state index is -0.742. The van der Waals surface area contributed by atoms with E-state index in [1.54, 1.807) is 33.1 Å². The van der Waals surface area contributed by atoms with Crippen LogP contribution in [0.1, 0.15) is 19.5 Å². The van der Waals surface area contributed by atoms with Gasteiger partial charge in [0.2, 0.25) is 0 Å². The van der Waals surface area contributed by atoms with Crippen molar-refractivity contribution in [1.29, 1.82) is 0 Å². The Labute approximate surface area is 145 Å². The van der Waals surface area contributed by atoms with Gasteiger partial charge >= 0.3 is 12.2 Å². The fourth-order valence-corrected chi connectivity index (χ4v) is 2.20. The summed E-state index contributed by atoms with van der Waals surface area (Å²) in [5.74, 6) is 0.625. The number of rotatable bonds is 5. The summed E-state index contributed by atoms with van der Waals surface area (Å²) in [4.78, 5) is 28.2. The second kappa shape index (κ2) is 8.72. The largest absolute Gasteiger partial charge is 0.494 e. The lowest BCUT2D eigenvalue weighted by atomic mass is 10.2. The third kappa shape index (κ3) is 4.72. The number of nitrogens with zero attached hydrogens (tertiary/aromatic N) is 2. The van der Waals surface area contributed by atoms with Gasteiger partial charge in [-0.25, -0.2) is 25.0 Å². The summed E-state index contributed by atoms with van der Waals surface area (Å²) in [6, 6.07) is 9.22. The number of hydrazine groups is 1. The Morgan fingerprint density at radius 2 is 1.88 bits per heavy atom. The Balaban J connectivity index is 2.26. The predicted octanol–water partition coefficient (Wildman–Crippen LogP) is 2.86. The molecule has 0 aliphatic rings. The van der Waals surface area contributed by atoms with E-state index in [1.165, 1.54) is 0 Å². The molecule has 0 atom stereocenters. The highest BCUT2D eigenvalue weighted by molar-refractivity contribution is 5.84. The van der Waals surface area contributed by atoms with Gasteiger partial charge in [0.1, 0.15) is 11.3 Å². The highest BCUT2D eigenvalue weighted by atomic mass is 16.6. The van der Waals surface area contributed by atoms with Gasteiger partial charge in [-0.2, -0.15) is 0 Å². The Hall–Kier alpha value is -3.03. The highest BCUT2D eigenvalue weighted by Crippen LogP contribution is 2.23. The molecule has 0 unspecified atom stereocenters. The molecule has 0 spiro atoms. The van der Waals surface area contributed by atoms with Gasteiger partial charge in [0, 0.05) is 5.39 Å². The first-order chi connectivity index (χ1) is 12.1. The van der Waals surface area contributed by atoms with Crippen LogP contribution in [-0.2, 0) is 16.0 Å². The standard InChI is InChI=1S/C17H21N3O5/c1-4-24-16(21)19-20(17(22)25-5-2)11-13-10-9-12-7-6-8-14(23-3)15(12)18-13/h6-10H,4-5,11H2,1-3H3,(H,19,21). The average Bonchev–Trinajstić information content (AvgIpc) is 2.61. The molecule has 0 aliphatic heterocycles. The van der Waals surface area contributed by atoms with E-state index in [2.05, 4.69) is 10.4 Å². The fourth-order valence-electron chi connectivity index (χ4n) is 2.20. The van der Waals surface area contributed by atoms with E-state index in [0.717, 1.165) is 10.4 Å². The van der Waals surface area contributed by atoms with Crippen LogP contribution >= 0.6 is 0 Å². The molecule has 0 radical (unpaired) electrons. The highest BCUT2D eigenvalue weighted by Gasteiger charge is 2.19. The van der Waals surface area contributed by atoms with Gasteiger partial charge in [0.15, 0.2) is 0 Å². The maximum Gasteiger partial charge on any atom is 0.429 e. The molecule has 0 saturated carbocycles. The number of aromatic nitrogens is 1. The van der Waals surface area contributed by atoms with Gasteiger partial charge in [-0.1, -0.05) is 18.2 Å². The molecule has 2 amide bonds. The number of amides is 2. The van der Waals surface area contributed by atoms with Gasteiger partial charge in [-0.05, 0) is 26.0 Å². The van der Waals surface area contributed by atoms with Crippen LogP contribution in [0, 0.1) is 0 Å². The number of para-hydroxylation sites is 1. The summed E-state index contributed by atoms with van der Waals surface area (Å²) in [6.45, 7) is 3.74. The van der Waals surface area contributed by atoms with E-state index in [4.69, 9.17) is 14.2 Å². The lowest BCUT2D eigenvalue weighted by molar-refractivity contribution is 0.0707. The summed E-state index contributed by atoms with van der Waals surface area (Å²) >= 11 is 0. The van der Waals surface area contributed by atoms with Crippen molar-refractivity contribution in [2.45, 2.75) is 20.4 Å². The lowest BCUT2D eigenvalue weighted by Crippen LogP contribution is -2.46. The maximum absolute atomic E-state index is 12.1. The van der Waals surface area contributed by atoms with Crippen LogP contribution in [0.2, 0.25) is 0 Å². The molecule has 8 nitrogen and oxygen atoms in total. The van der Waals surface area contributed by atoms with Crippen LogP contribution < -0.4 is 10.2 Å². The number of hydrogen-bond donors (Lipinski definition) is 1. The van der Waals surface area contributed by atoms with Crippen molar-refractivity contribution in [3.05, 3.63) is 36.0 Å². The van der Waals surface area contributed by atoms with Crippen molar-refractivity contribution in [3.8, 4) is 5.75 Å². The van der Waals surface area contributed by atoms with Gasteiger partial charge < -0.3 is 14.2 Å². The van der Waals surface area contributed by atoms with Crippen molar-refractivity contribution in [1.82, 2.24) is 15.4 Å². The molecule has 2 aromatic rings. The molecular formula is C17H21N3O5. The Bertz CT molecular complexity index is 750. The molecular weight excluding hydrogens is 326 g/mol. The molecule has 0 saturated heterocycles. The molecule has 0 bridgehead atoms. The normalized spacial score (nSPS) is 10.2. The lowest BCUT2D eigenvalue weighted by Gasteiger charge is -2.21. The number of carbonyl (C=O) groups excluding carboxylic acids is 2. The van der Waals surface area contributed by atoms with E-state index < -0.39 is 12.2 Å². The first kappa shape index (κ1) is 18.3. The molecule has 25 heavy (non-hydrogen) atoms. The summed E-state index contributed by atoms with van der Waals surface area (Å²) < 4.78 is 15.1. The Kier molecular flexibility index (Phi) is 6.39. The van der Waals surface area contributed by atoms with E-state index >= 15 is 0 Å². The number of nitrogens with one attached hydrogen (secondary N) is 1. The molecule has 1 aromatic heterocycles. The number of benzene rings is 1. The van der Waals surface area contributed by atoms with Crippen LogP contribution in [0.5, 0.6) is 5.75 Å². The predicted molar refractivity (Wildman–Crippen MR) is 91.0 cm³/mol. The van der Waals surface area contributed by atoms with Crippen molar-refractivity contribution in [2.24, 2.45) is 0 Å². The quantitative estimate of drug-likeness (QED) is 0.837. The van der Waals surface area contributed by atoms with Crippen molar-refractivity contribution >= 4 is 23.1 Å². The van der Waals surface area contributed by atoms with Crippen LogP contribution in [-0.4, -0.2) is 42.5 Å². The van der Waals surface area contributed by atoms with Gasteiger partial charge in [0.05, 0.1) is 32.6 Å². The number of carbonyl (C=O) groups is 2. The zero-order valence-electron chi connectivity index (χ0n) is 14.4. The number of hydrogen-bond acceptors (Lipinski definition) is 6. The minimum absolute atomic E-state index is 0.0195. The molecule has 8 heteroatoms. The first-order valence-corrected chi connectivity index (χ1v) is 7.89. The fraction of sp³-hybridized carbons (Fsp3) is 0.353. The summed E-state index contributed by atoms with van der Waals surface area (Å²) in [6.07, 6.45) is -1.44. The third-order valence-electron chi connectivity index (χ3n) is 3.27. The second-order valence-corrected chi connectivity index (χ2v) is 4.95. The third-order valence-corrected chi connectivity index (χ3v) is 3.27. The SMILES string of the molecule is CCOC(=O)NN(Cc1ccc2cccc(OC)c2n1)C(=O)OCC. The average molecular weight is 347 g/mol. The Morgan fingerprint density at radius 3 is 2.56 bits per heavy atom. The van der Waals surface area contributed by atoms with Gasteiger partial charge in [-0.3, -0.25) is 0 Å². The summed E-state index contributed by atoms with van der Waals surface area (Å²) in [7, 11) is 1.57. The van der Waals surface area contributed by atoms with Crippen LogP contribution in [0.25, 0.3) is 10.9 Å². The smallest absolute Gasteiger partial charge is 0.429 e. The van der Waals surface area contributed by atoms with E-state index in [1.807, 2.05) is 18.2 Å². The summed E-state index contributed by atoms with van der Waals surface area (Å²) in [5, 5.41) is 1.93. The van der Waals surface area contributed by atoms with Gasteiger partial charge in [-0.15, -0.1) is 0 Å². The van der Waals surface area contributed by atoms with Crippen molar-refractivity contribution in [3.63, 3.8) is 0 Å². The molecule has 0 fully saturated rings. The summed E-state index contributed by atoms with van der Waals surface area (Å²) in [5.41, 5.74) is 3.58. The first-order valence-electron chi connectivity index (χ1n) is 7.89. The van der Waals surface area contributed by atoms with Crippen LogP contribution in [0.4, 0.5) is 9.59 Å². The monoisotopic (exact) mass is 347 g/mol. The molecule has 2 rings (SSSR count). The van der Waals surface area contributed by atoms with Gasteiger partial charge in [0.25, 0.3) is 0 Å². The zero-order chi connectivity index (χ0) is 18.2. The molecule has 1 heterocycles. The minimum Gasteiger partial charge on any atom is -0.494 e. The van der Waals surface area contributed by atoms with E-state index in [-0.39, 0.29) is 19.8 Å².